The molecule has 1 atom stereocenters. The topological polar surface area (TPSA) is 75.2 Å². The molecule has 154 valence electrons. The van der Waals surface area contributed by atoms with Crippen molar-refractivity contribution in [1.29, 1.82) is 0 Å². The molecule has 0 saturated carbocycles. The molecule has 0 radical (unpaired) electrons. The Morgan fingerprint density at radius 2 is 1.90 bits per heavy atom. The van der Waals surface area contributed by atoms with Crippen molar-refractivity contribution in [3.8, 4) is 0 Å². The van der Waals surface area contributed by atoms with Crippen molar-refractivity contribution < 1.29 is 14.0 Å². The predicted molar refractivity (Wildman–Crippen MR) is 114 cm³/mol. The van der Waals surface area contributed by atoms with E-state index in [1.807, 2.05) is 0 Å². The first-order valence-electron chi connectivity index (χ1n) is 9.45. The van der Waals surface area contributed by atoms with Gasteiger partial charge in [0.2, 0.25) is 5.01 Å². The number of hydrogen-bond donors (Lipinski definition) is 1. The minimum absolute atomic E-state index is 0.0379. The molecule has 0 spiro atoms. The van der Waals surface area contributed by atoms with Crippen molar-refractivity contribution in [2.75, 3.05) is 18.4 Å². The highest BCUT2D eigenvalue weighted by molar-refractivity contribution is 7.13. The van der Waals surface area contributed by atoms with Gasteiger partial charge in [-0.2, -0.15) is 0 Å². The van der Waals surface area contributed by atoms with E-state index in [1.165, 1.54) is 23.5 Å². The van der Waals surface area contributed by atoms with Crippen LogP contribution in [0.5, 0.6) is 0 Å². The molecule has 2 heterocycles. The second-order valence-electron chi connectivity index (χ2n) is 6.98. The maximum Gasteiger partial charge on any atom is 0.286 e. The third-order valence-corrected chi connectivity index (χ3v) is 6.24. The summed E-state index contributed by atoms with van der Waals surface area (Å²) < 4.78 is 14.0. The summed E-state index contributed by atoms with van der Waals surface area (Å²) in [6, 6.07) is 12.8. The van der Waals surface area contributed by atoms with Crippen LogP contribution in [0.25, 0.3) is 0 Å². The molecule has 1 N–H and O–H groups in total. The van der Waals surface area contributed by atoms with Gasteiger partial charge in [-0.1, -0.05) is 35.1 Å². The lowest BCUT2D eigenvalue weighted by Crippen LogP contribution is -2.39. The fourth-order valence-corrected chi connectivity index (χ4v) is 4.37. The van der Waals surface area contributed by atoms with Crippen LogP contribution in [-0.4, -0.2) is 40.0 Å². The average Bonchev–Trinajstić information content (AvgIpc) is 3.26. The van der Waals surface area contributed by atoms with Crippen molar-refractivity contribution >= 4 is 40.4 Å². The standard InChI is InChI=1S/C21H18ClFN4O2S/c22-14-7-9-15(10-8-14)24-18(28)20-26-25-19(30-20)13-4-3-11-27(12-13)21(29)16-5-1-2-6-17(16)23/h1-2,5-10,13H,3-4,11-12H2,(H,24,28). The molecule has 30 heavy (non-hydrogen) atoms. The lowest BCUT2D eigenvalue weighted by atomic mass is 9.98. The molecule has 4 rings (SSSR count). The fourth-order valence-electron chi connectivity index (χ4n) is 3.38. The summed E-state index contributed by atoms with van der Waals surface area (Å²) in [5, 5.41) is 12.5. The predicted octanol–water partition coefficient (Wildman–Crippen LogP) is 4.60. The Balaban J connectivity index is 1.44. The second-order valence-corrected chi connectivity index (χ2v) is 8.42. The van der Waals surface area contributed by atoms with Crippen molar-refractivity contribution in [3.05, 3.63) is 74.9 Å². The summed E-state index contributed by atoms with van der Waals surface area (Å²) in [4.78, 5) is 26.8. The van der Waals surface area contributed by atoms with Crippen molar-refractivity contribution in [3.63, 3.8) is 0 Å². The van der Waals surface area contributed by atoms with E-state index in [2.05, 4.69) is 15.5 Å². The number of nitrogens with one attached hydrogen (secondary N) is 1. The van der Waals surface area contributed by atoms with Gasteiger partial charge in [0.25, 0.3) is 11.8 Å². The number of hydrogen-bond acceptors (Lipinski definition) is 5. The fraction of sp³-hybridized carbons (Fsp3) is 0.238. The molecule has 1 aliphatic rings. The molecule has 2 aromatic carbocycles. The molecule has 1 saturated heterocycles. The minimum atomic E-state index is -0.526. The zero-order valence-corrected chi connectivity index (χ0v) is 17.4. The van der Waals surface area contributed by atoms with E-state index in [-0.39, 0.29) is 28.3 Å². The Kier molecular flexibility index (Phi) is 6.06. The highest BCUT2D eigenvalue weighted by atomic mass is 35.5. The maximum absolute atomic E-state index is 14.0. The summed E-state index contributed by atoms with van der Waals surface area (Å²) in [6.45, 7) is 0.979. The Labute approximate surface area is 181 Å². The van der Waals surface area contributed by atoms with E-state index in [0.717, 1.165) is 12.8 Å². The third-order valence-electron chi connectivity index (χ3n) is 4.90. The van der Waals surface area contributed by atoms with Crippen LogP contribution in [0.15, 0.2) is 48.5 Å². The van der Waals surface area contributed by atoms with Crippen LogP contribution in [0.3, 0.4) is 0 Å². The van der Waals surface area contributed by atoms with E-state index < -0.39 is 5.82 Å². The first kappa shape index (κ1) is 20.4. The number of carbonyl (C=O) groups excluding carboxylic acids is 2. The van der Waals surface area contributed by atoms with Gasteiger partial charge in [0.1, 0.15) is 10.8 Å². The normalized spacial score (nSPS) is 16.3. The number of benzene rings is 2. The number of likely N-dealkylation sites (tertiary alicyclic amines) is 1. The van der Waals surface area contributed by atoms with Gasteiger partial charge in [-0.25, -0.2) is 4.39 Å². The molecule has 6 nitrogen and oxygen atoms in total. The maximum atomic E-state index is 14.0. The first-order valence-corrected chi connectivity index (χ1v) is 10.6. The van der Waals surface area contributed by atoms with Crippen molar-refractivity contribution in [2.45, 2.75) is 18.8 Å². The second kappa shape index (κ2) is 8.89. The van der Waals surface area contributed by atoms with Crippen molar-refractivity contribution in [1.82, 2.24) is 15.1 Å². The van der Waals surface area contributed by atoms with Gasteiger partial charge < -0.3 is 10.2 Å². The van der Waals surface area contributed by atoms with E-state index in [4.69, 9.17) is 11.6 Å². The Morgan fingerprint density at radius 3 is 2.67 bits per heavy atom. The number of anilines is 1. The lowest BCUT2D eigenvalue weighted by molar-refractivity contribution is 0.0702. The SMILES string of the molecule is O=C(Nc1ccc(Cl)cc1)c1nnc(C2CCCN(C(=O)c3ccccc3F)C2)s1. The molecule has 1 aromatic heterocycles. The summed E-state index contributed by atoms with van der Waals surface area (Å²) in [5.41, 5.74) is 0.680. The van der Waals surface area contributed by atoms with E-state index in [0.29, 0.717) is 28.8 Å². The number of carbonyl (C=O) groups is 2. The number of piperidine rings is 1. The minimum Gasteiger partial charge on any atom is -0.338 e. The van der Waals surface area contributed by atoms with Crippen molar-refractivity contribution in [2.24, 2.45) is 0 Å². The van der Waals surface area contributed by atoms with Gasteiger partial charge in [-0.3, -0.25) is 9.59 Å². The molecule has 0 bridgehead atoms. The smallest absolute Gasteiger partial charge is 0.286 e. The number of rotatable bonds is 4. The van der Waals surface area contributed by atoms with E-state index in [9.17, 15) is 14.0 Å². The third kappa shape index (κ3) is 4.49. The molecular formula is C21H18ClFN4O2S. The number of amides is 2. The first-order chi connectivity index (χ1) is 14.5. The Hall–Kier alpha value is -2.84. The van der Waals surface area contributed by atoms with Gasteiger partial charge in [-0.15, -0.1) is 10.2 Å². The summed E-state index contributed by atoms with van der Waals surface area (Å²) >= 11 is 7.06. The van der Waals surface area contributed by atoms with Crippen LogP contribution in [0.2, 0.25) is 5.02 Å². The van der Waals surface area contributed by atoms with Gasteiger partial charge in [0.15, 0.2) is 0 Å². The summed E-state index contributed by atoms with van der Waals surface area (Å²) in [6.07, 6.45) is 1.60. The van der Waals surface area contributed by atoms with Crippen LogP contribution in [0.4, 0.5) is 10.1 Å². The lowest BCUT2D eigenvalue weighted by Gasteiger charge is -2.31. The summed E-state index contributed by atoms with van der Waals surface area (Å²) in [5.74, 6) is -1.25. The monoisotopic (exact) mass is 444 g/mol. The molecule has 3 aromatic rings. The molecule has 0 aliphatic carbocycles. The molecule has 9 heteroatoms. The van der Waals surface area contributed by atoms with Crippen LogP contribution in [0, 0.1) is 5.82 Å². The number of aromatic nitrogens is 2. The molecular weight excluding hydrogens is 427 g/mol. The zero-order valence-electron chi connectivity index (χ0n) is 15.8. The molecule has 1 aliphatic heterocycles. The Morgan fingerprint density at radius 1 is 1.13 bits per heavy atom. The van der Waals surface area contributed by atoms with E-state index >= 15 is 0 Å². The number of halogens is 2. The summed E-state index contributed by atoms with van der Waals surface area (Å²) in [7, 11) is 0. The van der Waals surface area contributed by atoms with Crippen LogP contribution in [0.1, 0.15) is 43.9 Å². The highest BCUT2D eigenvalue weighted by Crippen LogP contribution is 2.30. The van der Waals surface area contributed by atoms with E-state index in [1.54, 1.807) is 41.3 Å². The highest BCUT2D eigenvalue weighted by Gasteiger charge is 2.29. The van der Waals surface area contributed by atoms with Crippen LogP contribution in [-0.2, 0) is 0 Å². The molecule has 1 fully saturated rings. The average molecular weight is 445 g/mol. The molecule has 2 amide bonds. The largest absolute Gasteiger partial charge is 0.338 e. The van der Waals surface area contributed by atoms with Crippen LogP contribution >= 0.6 is 22.9 Å². The van der Waals surface area contributed by atoms with Gasteiger partial charge in [-0.05, 0) is 49.2 Å². The quantitative estimate of drug-likeness (QED) is 0.638. The number of nitrogens with zero attached hydrogens (tertiary/aromatic N) is 3. The Bertz CT molecular complexity index is 1070. The van der Waals surface area contributed by atoms with Crippen LogP contribution < -0.4 is 5.32 Å². The zero-order chi connectivity index (χ0) is 21.1. The molecule has 1 unspecified atom stereocenters. The van der Waals surface area contributed by atoms with Gasteiger partial charge in [0.05, 0.1) is 5.56 Å². The van der Waals surface area contributed by atoms with Gasteiger partial charge >= 0.3 is 0 Å². The van der Waals surface area contributed by atoms with Gasteiger partial charge in [0, 0.05) is 29.7 Å².